The fourth-order valence-corrected chi connectivity index (χ4v) is 5.21. The minimum Gasteiger partial charge on any atom is -0.358 e. The highest BCUT2D eigenvalue weighted by molar-refractivity contribution is 7.89. The molecule has 0 saturated carbocycles. The highest BCUT2D eigenvalue weighted by Crippen LogP contribution is 2.22. The van der Waals surface area contributed by atoms with Crippen LogP contribution in [0.2, 0.25) is 0 Å². The van der Waals surface area contributed by atoms with Gasteiger partial charge in [0.1, 0.15) is 0 Å². The third kappa shape index (κ3) is 4.42. The van der Waals surface area contributed by atoms with Crippen LogP contribution in [0.3, 0.4) is 0 Å². The predicted octanol–water partition coefficient (Wildman–Crippen LogP) is 3.22. The van der Waals surface area contributed by atoms with E-state index in [1.807, 2.05) is 65.6 Å². The summed E-state index contributed by atoms with van der Waals surface area (Å²) in [5.74, 6) is 0. The van der Waals surface area contributed by atoms with Crippen molar-refractivity contribution in [1.82, 2.24) is 14.5 Å². The molecule has 0 aliphatic carbocycles. The van der Waals surface area contributed by atoms with Gasteiger partial charge in [-0.25, -0.2) is 8.42 Å². The summed E-state index contributed by atoms with van der Waals surface area (Å²) in [4.78, 5) is 2.37. The van der Waals surface area contributed by atoms with Crippen LogP contribution in [0.15, 0.2) is 77.7 Å². The van der Waals surface area contributed by atoms with Gasteiger partial charge in [0.15, 0.2) is 5.11 Å². The highest BCUT2D eigenvalue weighted by atomic mass is 32.2. The molecule has 1 heterocycles. The molecule has 0 atom stereocenters. The molecule has 5 nitrogen and oxygen atoms in total. The quantitative estimate of drug-likeness (QED) is 0.651. The maximum absolute atomic E-state index is 13.1. The summed E-state index contributed by atoms with van der Waals surface area (Å²) in [5.41, 5.74) is 1.16. The second kappa shape index (κ2) is 8.49. The van der Waals surface area contributed by atoms with E-state index >= 15 is 0 Å². The van der Waals surface area contributed by atoms with Gasteiger partial charge in [0.05, 0.1) is 4.90 Å². The van der Waals surface area contributed by atoms with Gasteiger partial charge >= 0.3 is 0 Å². The van der Waals surface area contributed by atoms with Crippen LogP contribution >= 0.6 is 12.2 Å². The summed E-state index contributed by atoms with van der Waals surface area (Å²) >= 11 is 5.50. The van der Waals surface area contributed by atoms with Crippen molar-refractivity contribution < 1.29 is 8.42 Å². The largest absolute Gasteiger partial charge is 0.358 e. The molecular formula is C22H23N3O2S2. The molecule has 1 fully saturated rings. The molecule has 0 radical (unpaired) electrons. The first kappa shape index (κ1) is 19.8. The number of thiocarbonyl (C=S) groups is 1. The van der Waals surface area contributed by atoms with Gasteiger partial charge in [-0.15, -0.1) is 0 Å². The van der Waals surface area contributed by atoms with Crippen molar-refractivity contribution in [3.8, 4) is 0 Å². The fraction of sp³-hybridized carbons (Fsp3) is 0.227. The van der Waals surface area contributed by atoms with Gasteiger partial charge in [-0.05, 0) is 40.7 Å². The summed E-state index contributed by atoms with van der Waals surface area (Å²) in [5, 5.41) is 5.89. The number of hydrogen-bond donors (Lipinski definition) is 1. The number of benzene rings is 3. The zero-order valence-corrected chi connectivity index (χ0v) is 17.6. The molecule has 0 bridgehead atoms. The molecule has 1 N–H and O–H groups in total. The molecular weight excluding hydrogens is 402 g/mol. The lowest BCUT2D eigenvalue weighted by Crippen LogP contribution is -2.52. The fourth-order valence-electron chi connectivity index (χ4n) is 3.49. The van der Waals surface area contributed by atoms with Crippen LogP contribution in [0.25, 0.3) is 10.8 Å². The third-order valence-electron chi connectivity index (χ3n) is 5.17. The smallest absolute Gasteiger partial charge is 0.243 e. The van der Waals surface area contributed by atoms with E-state index in [2.05, 4.69) is 5.32 Å². The molecule has 150 valence electrons. The van der Waals surface area contributed by atoms with Crippen LogP contribution in [0, 0.1) is 0 Å². The molecule has 0 unspecified atom stereocenters. The first-order chi connectivity index (χ1) is 14.0. The first-order valence-corrected chi connectivity index (χ1v) is 11.4. The number of fused-ring (bicyclic) bond motifs is 1. The minimum absolute atomic E-state index is 0.342. The van der Waals surface area contributed by atoms with Gasteiger partial charge in [-0.2, -0.15) is 4.31 Å². The van der Waals surface area contributed by atoms with E-state index < -0.39 is 10.0 Å². The van der Waals surface area contributed by atoms with Crippen LogP contribution in [-0.4, -0.2) is 48.9 Å². The Morgan fingerprint density at radius 2 is 1.52 bits per heavy atom. The standard InChI is InChI=1S/C22H23N3O2S2/c26-29(27,21-11-10-19-8-4-5-9-20(19)16-21)25-14-12-24(13-15-25)22(28)23-17-18-6-2-1-3-7-18/h1-11,16H,12-15,17H2,(H,23,28). The van der Waals surface area contributed by atoms with E-state index in [0.29, 0.717) is 42.7 Å². The Balaban J connectivity index is 1.38. The maximum Gasteiger partial charge on any atom is 0.243 e. The molecule has 4 rings (SSSR count). The van der Waals surface area contributed by atoms with Crippen molar-refractivity contribution in [1.29, 1.82) is 0 Å². The number of nitrogens with one attached hydrogen (secondary N) is 1. The Labute approximate surface area is 177 Å². The Hall–Kier alpha value is -2.48. The van der Waals surface area contributed by atoms with Gasteiger partial charge in [0.25, 0.3) is 0 Å². The van der Waals surface area contributed by atoms with Crippen LogP contribution in [0.5, 0.6) is 0 Å². The molecule has 0 amide bonds. The zero-order valence-electron chi connectivity index (χ0n) is 16.0. The van der Waals surface area contributed by atoms with E-state index in [9.17, 15) is 8.42 Å². The van der Waals surface area contributed by atoms with E-state index in [0.717, 1.165) is 16.3 Å². The summed E-state index contributed by atoms with van der Waals surface area (Å²) in [6, 6.07) is 23.2. The number of nitrogens with zero attached hydrogens (tertiary/aromatic N) is 2. The van der Waals surface area contributed by atoms with Gasteiger partial charge in [0.2, 0.25) is 10.0 Å². The average molecular weight is 426 g/mol. The molecule has 1 aliphatic heterocycles. The lowest BCUT2D eigenvalue weighted by atomic mass is 10.1. The number of sulfonamides is 1. The van der Waals surface area contributed by atoms with Crippen LogP contribution in [0.4, 0.5) is 0 Å². The average Bonchev–Trinajstić information content (AvgIpc) is 2.78. The molecule has 0 spiro atoms. The molecule has 7 heteroatoms. The van der Waals surface area contributed by atoms with Gasteiger partial charge < -0.3 is 10.2 Å². The molecule has 0 aromatic heterocycles. The molecule has 1 aliphatic rings. The molecule has 3 aromatic rings. The van der Waals surface area contributed by atoms with Crippen molar-refractivity contribution in [2.45, 2.75) is 11.4 Å². The van der Waals surface area contributed by atoms with Gasteiger partial charge in [-0.1, -0.05) is 60.7 Å². The normalized spacial score (nSPS) is 15.4. The number of piperazine rings is 1. The SMILES string of the molecule is O=S(=O)(c1ccc2ccccc2c1)N1CCN(C(=S)NCc2ccccc2)CC1. The van der Waals surface area contributed by atoms with E-state index in [1.54, 1.807) is 16.4 Å². The van der Waals surface area contributed by atoms with Gasteiger partial charge in [0, 0.05) is 32.7 Å². The summed E-state index contributed by atoms with van der Waals surface area (Å²) in [6.07, 6.45) is 0. The first-order valence-electron chi connectivity index (χ1n) is 9.60. The van der Waals surface area contributed by atoms with Crippen molar-refractivity contribution in [2.75, 3.05) is 26.2 Å². The minimum atomic E-state index is -3.51. The lowest BCUT2D eigenvalue weighted by Gasteiger charge is -2.35. The third-order valence-corrected chi connectivity index (χ3v) is 7.47. The van der Waals surface area contributed by atoms with E-state index in [-0.39, 0.29) is 0 Å². The second-order valence-corrected chi connectivity index (χ2v) is 9.37. The second-order valence-electron chi connectivity index (χ2n) is 7.04. The zero-order chi connectivity index (χ0) is 20.3. The Kier molecular flexibility index (Phi) is 5.80. The lowest BCUT2D eigenvalue weighted by molar-refractivity contribution is 0.264. The van der Waals surface area contributed by atoms with Crippen molar-refractivity contribution in [3.63, 3.8) is 0 Å². The summed E-state index contributed by atoms with van der Waals surface area (Å²) in [7, 11) is -3.51. The Morgan fingerprint density at radius 3 is 2.24 bits per heavy atom. The van der Waals surface area contributed by atoms with Crippen molar-refractivity contribution >= 4 is 38.1 Å². The highest BCUT2D eigenvalue weighted by Gasteiger charge is 2.29. The van der Waals surface area contributed by atoms with E-state index in [4.69, 9.17) is 12.2 Å². The maximum atomic E-state index is 13.1. The van der Waals surface area contributed by atoms with Crippen molar-refractivity contribution in [2.24, 2.45) is 0 Å². The topological polar surface area (TPSA) is 52.7 Å². The molecule has 1 saturated heterocycles. The van der Waals surface area contributed by atoms with Crippen molar-refractivity contribution in [3.05, 3.63) is 78.4 Å². The van der Waals surface area contributed by atoms with Gasteiger partial charge in [-0.3, -0.25) is 0 Å². The van der Waals surface area contributed by atoms with Crippen LogP contribution in [0.1, 0.15) is 5.56 Å². The molecule has 3 aromatic carbocycles. The summed E-state index contributed by atoms with van der Waals surface area (Å²) < 4.78 is 27.7. The number of rotatable bonds is 4. The Morgan fingerprint density at radius 1 is 0.862 bits per heavy atom. The van der Waals surface area contributed by atoms with E-state index in [1.165, 1.54) is 0 Å². The Bertz CT molecular complexity index is 1110. The molecule has 29 heavy (non-hydrogen) atoms. The monoisotopic (exact) mass is 425 g/mol. The van der Waals surface area contributed by atoms with Crippen LogP contribution < -0.4 is 5.32 Å². The predicted molar refractivity (Wildman–Crippen MR) is 120 cm³/mol. The number of hydrogen-bond acceptors (Lipinski definition) is 3. The summed E-state index contributed by atoms with van der Waals surface area (Å²) in [6.45, 7) is 2.65. The van der Waals surface area contributed by atoms with Crippen LogP contribution in [-0.2, 0) is 16.6 Å².